The van der Waals surface area contributed by atoms with E-state index in [1.54, 1.807) is 32.2 Å². The van der Waals surface area contributed by atoms with Crippen LogP contribution in [0.15, 0.2) is 242 Å². The van der Waals surface area contributed by atoms with Gasteiger partial charge < -0.3 is 0 Å². The Labute approximate surface area is 723 Å². The highest BCUT2D eigenvalue weighted by molar-refractivity contribution is 9.10. The maximum Gasteiger partial charge on any atom is 0.416 e. The zero-order valence-electron chi connectivity index (χ0n) is 71.0. The van der Waals surface area contributed by atoms with Crippen LogP contribution in [0.1, 0.15) is 276 Å². The highest BCUT2D eigenvalue weighted by Crippen LogP contribution is 2.32. The molecule has 0 radical (unpaired) electrons. The molecular weight excluding hydrogens is 1640 g/mol. The van der Waals surface area contributed by atoms with E-state index in [9.17, 15) is 30.7 Å². The van der Waals surface area contributed by atoms with Crippen LogP contribution in [0.2, 0.25) is 25.1 Å². The van der Waals surface area contributed by atoms with Crippen molar-refractivity contribution in [3.8, 4) is 6.07 Å². The van der Waals surface area contributed by atoms with Crippen molar-refractivity contribution in [3.63, 3.8) is 0 Å². The summed E-state index contributed by atoms with van der Waals surface area (Å²) >= 11 is 32.4. The molecule has 0 aliphatic rings. The van der Waals surface area contributed by atoms with Crippen LogP contribution in [0.25, 0.3) is 4.85 Å². The minimum Gasteiger partial charge on any atom is -0.265 e. The number of nitrogens with zero attached hydrogens (tertiary/aromatic N) is 4. The summed E-state index contributed by atoms with van der Waals surface area (Å²) in [5, 5.41) is 12.2. The van der Waals surface area contributed by atoms with Gasteiger partial charge in [0.1, 0.15) is 23.3 Å². The maximum absolute atomic E-state index is 13.1. The van der Waals surface area contributed by atoms with E-state index >= 15 is 0 Å². The summed E-state index contributed by atoms with van der Waals surface area (Å²) in [6, 6.07) is 64.3. The Morgan fingerprint density at radius 1 is 0.371 bits per heavy atom. The van der Waals surface area contributed by atoms with Crippen molar-refractivity contribution < 1.29 is 30.7 Å². The standard InChI is InChI=1S/C10H13Cl.C10H11F3.2C10H11N.C9H10BrF.2C9H10Cl2.C9H10F2.C9H11F.C8H11N.C6H7N/c1-7(2)10-8(3)5-4-6-9(10)11;1-7(2)8-3-5-9(6-4-8)10(11,12)13;1-8(2)9-4-6-10(11-3)7-5-9;1-8(2)10-5-3-4-9(6-10)7-11;1-6(2)8-4-3-7(10)5-9(8)11;1-6(2)7-3-8(10)5-9(11)4-7;1-6(2)7-3-4-8(10)9(11)5-7;1-6(2)9-7(10)4-3-5-8(9)11;1-7(2)8-5-3-4-6-9(8)10;1-7(2)8-3-5-9-6-4-8;1-6-3-2-4-7-5-6/h4-7H,1-3H3;3-7H,1-2H3;4-8H,1-2H3;3-6,8H,1-2H3;4*3-6H,1-2H3;3-7H,1-2H3;3-7H,1-2H3;2-5H,1H3. The van der Waals surface area contributed by atoms with Gasteiger partial charge in [-0.1, -0.05) is 316 Å². The van der Waals surface area contributed by atoms with Gasteiger partial charge in [-0.2, -0.15) is 18.4 Å². The third-order valence-corrected chi connectivity index (χ3v) is 19.2. The van der Waals surface area contributed by atoms with Gasteiger partial charge in [0, 0.05) is 49.9 Å². The quantitative estimate of drug-likeness (QED) is 0.101. The molecule has 0 atom stereocenters. The monoisotopic (exact) mass is 1750 g/mol. The van der Waals surface area contributed by atoms with E-state index in [0.717, 1.165) is 49.6 Å². The molecule has 0 saturated carbocycles. The molecule has 0 aliphatic carbocycles. The first-order chi connectivity index (χ1) is 54.4. The van der Waals surface area contributed by atoms with Crippen molar-refractivity contribution in [2.24, 2.45) is 0 Å². The molecule has 0 aliphatic heterocycles. The molecule has 0 fully saturated rings. The van der Waals surface area contributed by atoms with E-state index in [2.05, 4.69) is 133 Å². The van der Waals surface area contributed by atoms with E-state index in [1.165, 1.54) is 87.0 Å². The van der Waals surface area contributed by atoms with Gasteiger partial charge in [-0.25, -0.2) is 22.4 Å². The zero-order valence-corrected chi connectivity index (χ0v) is 76.4. The number of halogens is 13. The van der Waals surface area contributed by atoms with Crippen LogP contribution in [-0.4, -0.2) is 9.97 Å². The first-order valence-electron chi connectivity index (χ1n) is 38.6. The normalized spacial score (nSPS) is 10.4. The van der Waals surface area contributed by atoms with E-state index in [1.807, 2.05) is 207 Å². The Kier molecular flexibility index (Phi) is 51.2. The molecule has 11 aromatic rings. The average Bonchev–Trinajstić information content (AvgIpc) is 0.862. The highest BCUT2D eigenvalue weighted by atomic mass is 79.9. The molecule has 622 valence electrons. The number of aromatic nitrogens is 2. The fourth-order valence-corrected chi connectivity index (χ4v) is 11.9. The predicted octanol–water partition coefficient (Wildman–Crippen LogP) is 35.2. The summed E-state index contributed by atoms with van der Waals surface area (Å²) in [5.41, 5.74) is 13.6. The lowest BCUT2D eigenvalue weighted by atomic mass is 9.98. The second-order valence-corrected chi connectivity index (χ2v) is 33.1. The molecular formula is C99H115BrCl5F7N4. The highest BCUT2D eigenvalue weighted by Gasteiger charge is 2.30. The predicted molar refractivity (Wildman–Crippen MR) is 485 cm³/mol. The van der Waals surface area contributed by atoms with Crippen molar-refractivity contribution >= 4 is 79.6 Å². The molecule has 4 nitrogen and oxygen atoms in total. The summed E-state index contributed by atoms with van der Waals surface area (Å²) in [4.78, 5) is 11.1. The summed E-state index contributed by atoms with van der Waals surface area (Å²) < 4.78 is 88.8. The van der Waals surface area contributed by atoms with Gasteiger partial charge in [0.2, 0.25) is 0 Å². The number of nitriles is 1. The van der Waals surface area contributed by atoms with E-state index in [4.69, 9.17) is 69.8 Å². The van der Waals surface area contributed by atoms with Crippen molar-refractivity contribution in [2.45, 2.75) is 218 Å². The van der Waals surface area contributed by atoms with Gasteiger partial charge >= 0.3 is 6.18 Å². The van der Waals surface area contributed by atoms with Crippen LogP contribution < -0.4 is 0 Å². The molecule has 116 heavy (non-hydrogen) atoms. The first kappa shape index (κ1) is 106. The number of aryl methyl sites for hydroxylation is 2. The second kappa shape index (κ2) is 56.2. The third kappa shape index (κ3) is 42.7. The van der Waals surface area contributed by atoms with E-state index in [-0.39, 0.29) is 40.9 Å². The Balaban J connectivity index is 0.000000639. The topological polar surface area (TPSA) is 53.9 Å². The minimum atomic E-state index is -4.23. The molecule has 11 rings (SSSR count). The number of benzene rings is 9. The summed E-state index contributed by atoms with van der Waals surface area (Å²) in [6.07, 6.45) is 3.03. The van der Waals surface area contributed by atoms with E-state index in [0.29, 0.717) is 55.6 Å². The SMILES string of the molecule is CC(C)c1c(F)cccc1F.CC(C)c1cc(Cl)cc(Cl)c1.CC(C)c1ccc(Br)cc1F.CC(C)c1ccc(C(F)(F)F)cc1.CC(C)c1ccc(Cl)c(Cl)c1.CC(C)c1cccc(C#N)c1.CC(C)c1ccccc1F.CC(C)c1ccncc1.Cc1cccc(Cl)c1C(C)C.Cc1cccnc1.[C-]#[N+]c1ccc(C(C)C)cc1. The number of rotatable bonds is 10. The molecule has 2 heterocycles. The Bertz CT molecular complexity index is 4550. The molecule has 0 unspecified atom stereocenters. The van der Waals surface area contributed by atoms with Crippen molar-refractivity contribution in [2.75, 3.05) is 0 Å². The summed E-state index contributed by atoms with van der Waals surface area (Å²) in [6.45, 7) is 51.9. The molecule has 2 aromatic heterocycles. The van der Waals surface area contributed by atoms with Gasteiger partial charge in [0.05, 0.1) is 33.8 Å². The fourth-order valence-electron chi connectivity index (χ4n) is 10.3. The minimum absolute atomic E-state index is 0.0995. The van der Waals surface area contributed by atoms with Gasteiger partial charge in [-0.15, -0.1) is 0 Å². The second-order valence-electron chi connectivity index (χ2n) is 30.1. The average molecular weight is 1750 g/mol. The zero-order chi connectivity index (χ0) is 88.1. The van der Waals surface area contributed by atoms with Crippen LogP contribution in [-0.2, 0) is 6.18 Å². The van der Waals surface area contributed by atoms with Gasteiger partial charge in [-0.05, 0) is 243 Å². The van der Waals surface area contributed by atoms with Crippen molar-refractivity contribution in [1.82, 2.24) is 9.97 Å². The van der Waals surface area contributed by atoms with Crippen LogP contribution >= 0.6 is 73.9 Å². The lowest BCUT2D eigenvalue weighted by molar-refractivity contribution is -0.137. The first-order valence-corrected chi connectivity index (χ1v) is 41.3. The van der Waals surface area contributed by atoms with Crippen LogP contribution in [0, 0.1) is 55.0 Å². The lowest BCUT2D eigenvalue weighted by Crippen LogP contribution is -2.04. The van der Waals surface area contributed by atoms with Crippen LogP contribution in [0.5, 0.6) is 0 Å². The Morgan fingerprint density at radius 3 is 1.19 bits per heavy atom. The number of alkyl halides is 3. The smallest absolute Gasteiger partial charge is 0.265 e. The van der Waals surface area contributed by atoms with Gasteiger partial charge in [-0.3, -0.25) is 9.97 Å². The van der Waals surface area contributed by atoms with E-state index < -0.39 is 23.4 Å². The number of hydrogen-bond donors (Lipinski definition) is 0. The summed E-state index contributed by atoms with van der Waals surface area (Å²) in [5.74, 6) is 2.72. The number of pyridine rings is 2. The largest absolute Gasteiger partial charge is 0.416 e. The van der Waals surface area contributed by atoms with Crippen LogP contribution in [0.4, 0.5) is 36.4 Å². The number of hydrogen-bond acceptors (Lipinski definition) is 3. The fraction of sp³-hybridized carbons (Fsp3) is 0.333. The molecule has 9 aromatic carbocycles. The Hall–Kier alpha value is -8.30. The lowest BCUT2D eigenvalue weighted by Gasteiger charge is -2.10. The molecule has 0 bridgehead atoms. The molecule has 0 saturated heterocycles. The third-order valence-electron chi connectivity index (χ3n) is 17.2. The van der Waals surface area contributed by atoms with Crippen molar-refractivity contribution in [1.29, 1.82) is 5.26 Å². The van der Waals surface area contributed by atoms with Crippen molar-refractivity contribution in [3.05, 3.63) is 379 Å². The summed E-state index contributed by atoms with van der Waals surface area (Å²) in [7, 11) is 0. The molecule has 0 spiro atoms. The van der Waals surface area contributed by atoms with Gasteiger partial charge in [0.25, 0.3) is 0 Å². The molecule has 17 heteroatoms. The van der Waals surface area contributed by atoms with Gasteiger partial charge in [0.15, 0.2) is 5.69 Å². The maximum atomic E-state index is 13.1. The molecule has 0 N–H and O–H groups in total. The molecule has 0 amide bonds. The Morgan fingerprint density at radius 2 is 0.819 bits per heavy atom. The van der Waals surface area contributed by atoms with Crippen LogP contribution in [0.3, 0.4) is 0 Å².